The van der Waals surface area contributed by atoms with Crippen molar-refractivity contribution >= 4 is 33.5 Å². The minimum atomic E-state index is 0.0562. The first kappa shape index (κ1) is 16.0. The number of ether oxygens (including phenoxy) is 1. The smallest absolute Gasteiger partial charge is 0.224 e. The van der Waals surface area contributed by atoms with E-state index < -0.39 is 0 Å². The first-order valence-electron chi connectivity index (χ1n) is 9.04. The summed E-state index contributed by atoms with van der Waals surface area (Å²) < 4.78 is 11.4. The molecule has 1 aliphatic carbocycles. The van der Waals surface area contributed by atoms with E-state index in [9.17, 15) is 4.79 Å². The summed E-state index contributed by atoms with van der Waals surface area (Å²) in [4.78, 5) is 12.5. The molecule has 3 aromatic rings. The summed E-state index contributed by atoms with van der Waals surface area (Å²) in [6.07, 6.45) is 6.69. The SMILES string of the molecule is COc1cc2c(cc1NC(=O)CC1CCCCC1)oc1ccccc12. The van der Waals surface area contributed by atoms with Crippen molar-refractivity contribution in [2.24, 2.45) is 5.92 Å². The van der Waals surface area contributed by atoms with E-state index in [1.807, 2.05) is 36.4 Å². The number of para-hydroxylation sites is 1. The van der Waals surface area contributed by atoms with Crippen LogP contribution in [0, 0.1) is 5.92 Å². The van der Waals surface area contributed by atoms with Crippen molar-refractivity contribution in [3.8, 4) is 5.75 Å². The van der Waals surface area contributed by atoms with Gasteiger partial charge in [-0.1, -0.05) is 37.5 Å². The minimum Gasteiger partial charge on any atom is -0.495 e. The number of anilines is 1. The van der Waals surface area contributed by atoms with Crippen LogP contribution in [0.4, 0.5) is 5.69 Å². The Morgan fingerprint density at radius 2 is 1.92 bits per heavy atom. The molecular weight excluding hydrogens is 314 g/mol. The van der Waals surface area contributed by atoms with Crippen molar-refractivity contribution < 1.29 is 13.9 Å². The van der Waals surface area contributed by atoms with E-state index >= 15 is 0 Å². The lowest BCUT2D eigenvalue weighted by Crippen LogP contribution is -2.18. The topological polar surface area (TPSA) is 51.5 Å². The number of amides is 1. The molecule has 0 unspecified atom stereocenters. The monoisotopic (exact) mass is 337 g/mol. The molecule has 1 heterocycles. The summed E-state index contributed by atoms with van der Waals surface area (Å²) in [7, 11) is 1.63. The lowest BCUT2D eigenvalue weighted by molar-refractivity contribution is -0.117. The van der Waals surface area contributed by atoms with E-state index in [-0.39, 0.29) is 5.91 Å². The third-order valence-corrected chi connectivity index (χ3v) is 5.17. The quantitative estimate of drug-likeness (QED) is 0.683. The van der Waals surface area contributed by atoms with Crippen LogP contribution in [0.5, 0.6) is 5.75 Å². The Balaban J connectivity index is 1.61. The number of fused-ring (bicyclic) bond motifs is 3. The number of hydrogen-bond acceptors (Lipinski definition) is 3. The Morgan fingerprint density at radius 1 is 1.12 bits per heavy atom. The second kappa shape index (κ2) is 6.79. The van der Waals surface area contributed by atoms with Gasteiger partial charge in [0.15, 0.2) is 0 Å². The van der Waals surface area contributed by atoms with Crippen LogP contribution in [0.1, 0.15) is 38.5 Å². The van der Waals surface area contributed by atoms with Gasteiger partial charge in [-0.15, -0.1) is 0 Å². The van der Waals surface area contributed by atoms with Gasteiger partial charge in [-0.05, 0) is 30.9 Å². The number of carbonyl (C=O) groups is 1. The summed E-state index contributed by atoms with van der Waals surface area (Å²) in [6, 6.07) is 11.7. The van der Waals surface area contributed by atoms with Crippen LogP contribution in [0.3, 0.4) is 0 Å². The van der Waals surface area contributed by atoms with Crippen LogP contribution < -0.4 is 10.1 Å². The number of nitrogens with one attached hydrogen (secondary N) is 1. The Hall–Kier alpha value is -2.49. The average molecular weight is 337 g/mol. The van der Waals surface area contributed by atoms with Gasteiger partial charge in [0, 0.05) is 23.3 Å². The van der Waals surface area contributed by atoms with E-state index in [2.05, 4.69) is 5.32 Å². The molecule has 1 saturated carbocycles. The van der Waals surface area contributed by atoms with Crippen molar-refractivity contribution in [3.63, 3.8) is 0 Å². The number of carbonyl (C=O) groups excluding carboxylic acids is 1. The molecule has 0 spiro atoms. The Bertz CT molecular complexity index is 906. The molecule has 0 saturated heterocycles. The molecule has 0 aliphatic heterocycles. The zero-order chi connectivity index (χ0) is 17.2. The van der Waals surface area contributed by atoms with E-state index in [0.29, 0.717) is 23.8 Å². The van der Waals surface area contributed by atoms with E-state index in [1.54, 1.807) is 7.11 Å². The third-order valence-electron chi connectivity index (χ3n) is 5.17. The molecule has 0 radical (unpaired) electrons. The molecule has 0 atom stereocenters. The molecule has 4 rings (SSSR count). The fourth-order valence-electron chi connectivity index (χ4n) is 3.87. The molecule has 1 aliphatic rings. The zero-order valence-corrected chi connectivity index (χ0v) is 14.5. The average Bonchev–Trinajstić information content (AvgIpc) is 2.99. The van der Waals surface area contributed by atoms with Crippen LogP contribution in [0.25, 0.3) is 21.9 Å². The van der Waals surface area contributed by atoms with Gasteiger partial charge in [0.2, 0.25) is 5.91 Å². The van der Waals surface area contributed by atoms with Gasteiger partial charge in [-0.3, -0.25) is 4.79 Å². The summed E-state index contributed by atoms with van der Waals surface area (Å²) in [5.74, 6) is 1.23. The van der Waals surface area contributed by atoms with Crippen molar-refractivity contribution in [1.29, 1.82) is 0 Å². The highest BCUT2D eigenvalue weighted by Crippen LogP contribution is 2.36. The van der Waals surface area contributed by atoms with Crippen molar-refractivity contribution in [3.05, 3.63) is 36.4 Å². The summed E-state index contributed by atoms with van der Waals surface area (Å²) in [5.41, 5.74) is 2.27. The first-order valence-corrected chi connectivity index (χ1v) is 9.04. The highest BCUT2D eigenvalue weighted by atomic mass is 16.5. The molecule has 1 aromatic heterocycles. The highest BCUT2D eigenvalue weighted by Gasteiger charge is 2.19. The fourth-order valence-corrected chi connectivity index (χ4v) is 3.87. The maximum absolute atomic E-state index is 12.5. The number of furan rings is 1. The van der Waals surface area contributed by atoms with Crippen molar-refractivity contribution in [2.75, 3.05) is 12.4 Å². The molecule has 130 valence electrons. The summed E-state index contributed by atoms with van der Waals surface area (Å²) in [5, 5.41) is 5.07. The molecule has 4 nitrogen and oxygen atoms in total. The Kier molecular flexibility index (Phi) is 4.35. The van der Waals surface area contributed by atoms with Gasteiger partial charge in [-0.2, -0.15) is 0 Å². The minimum absolute atomic E-state index is 0.0562. The molecular formula is C21H23NO3. The fraction of sp³-hybridized carbons (Fsp3) is 0.381. The summed E-state index contributed by atoms with van der Waals surface area (Å²) in [6.45, 7) is 0. The molecule has 1 amide bonds. The second-order valence-corrected chi connectivity index (χ2v) is 6.90. The number of hydrogen-bond donors (Lipinski definition) is 1. The molecule has 4 heteroatoms. The van der Waals surface area contributed by atoms with Gasteiger partial charge in [0.05, 0.1) is 12.8 Å². The van der Waals surface area contributed by atoms with Crippen molar-refractivity contribution in [1.82, 2.24) is 0 Å². The van der Waals surface area contributed by atoms with E-state index in [0.717, 1.165) is 34.8 Å². The highest BCUT2D eigenvalue weighted by molar-refractivity contribution is 6.07. The standard InChI is InChI=1S/C21H23NO3/c1-24-20-12-16-15-9-5-6-10-18(15)25-19(16)13-17(20)22-21(23)11-14-7-3-2-4-8-14/h5-6,9-10,12-14H,2-4,7-8,11H2,1H3,(H,22,23). The van der Waals surface area contributed by atoms with Crippen LogP contribution in [-0.2, 0) is 4.79 Å². The van der Waals surface area contributed by atoms with Crippen molar-refractivity contribution in [2.45, 2.75) is 38.5 Å². The van der Waals surface area contributed by atoms with Crippen LogP contribution >= 0.6 is 0 Å². The van der Waals surface area contributed by atoms with Gasteiger partial charge in [0.1, 0.15) is 16.9 Å². The molecule has 1 N–H and O–H groups in total. The second-order valence-electron chi connectivity index (χ2n) is 6.90. The first-order chi connectivity index (χ1) is 12.2. The predicted octanol–water partition coefficient (Wildman–Crippen LogP) is 5.50. The Labute approximate surface area is 147 Å². The molecule has 25 heavy (non-hydrogen) atoms. The zero-order valence-electron chi connectivity index (χ0n) is 14.5. The predicted molar refractivity (Wildman–Crippen MR) is 100 cm³/mol. The maximum atomic E-state index is 12.5. The normalized spacial score (nSPS) is 15.6. The van der Waals surface area contributed by atoms with Gasteiger partial charge >= 0.3 is 0 Å². The van der Waals surface area contributed by atoms with Crippen LogP contribution in [0.15, 0.2) is 40.8 Å². The molecule has 2 aromatic carbocycles. The lowest BCUT2D eigenvalue weighted by atomic mass is 9.87. The van der Waals surface area contributed by atoms with Gasteiger partial charge < -0.3 is 14.5 Å². The maximum Gasteiger partial charge on any atom is 0.224 e. The lowest BCUT2D eigenvalue weighted by Gasteiger charge is -2.21. The van der Waals surface area contributed by atoms with Crippen LogP contribution in [0.2, 0.25) is 0 Å². The van der Waals surface area contributed by atoms with Crippen LogP contribution in [-0.4, -0.2) is 13.0 Å². The number of benzene rings is 2. The third kappa shape index (κ3) is 3.21. The number of rotatable bonds is 4. The largest absolute Gasteiger partial charge is 0.495 e. The molecule has 0 bridgehead atoms. The van der Waals surface area contributed by atoms with E-state index in [4.69, 9.17) is 9.15 Å². The Morgan fingerprint density at radius 3 is 2.72 bits per heavy atom. The molecule has 1 fully saturated rings. The van der Waals surface area contributed by atoms with Gasteiger partial charge in [0.25, 0.3) is 0 Å². The number of methoxy groups -OCH3 is 1. The van der Waals surface area contributed by atoms with Gasteiger partial charge in [-0.25, -0.2) is 0 Å². The summed E-state index contributed by atoms with van der Waals surface area (Å²) >= 11 is 0. The van der Waals surface area contributed by atoms with E-state index in [1.165, 1.54) is 19.3 Å².